The molecular weight excluding hydrogens is 649 g/mol. The van der Waals surface area contributed by atoms with Crippen LogP contribution in [0.5, 0.6) is 0 Å². The topological polar surface area (TPSA) is 0 Å². The molecule has 12 aromatic rings. The second-order valence-electron chi connectivity index (χ2n) is 15.1. The lowest BCUT2D eigenvalue weighted by Gasteiger charge is -2.14. The third kappa shape index (κ3) is 3.58. The van der Waals surface area contributed by atoms with E-state index in [1.54, 1.807) is 0 Å². The minimum atomic E-state index is 1.24. The fourth-order valence-electron chi connectivity index (χ4n) is 10.3. The monoisotopic (exact) mass is 678 g/mol. The third-order valence-electron chi connectivity index (χ3n) is 12.5. The van der Waals surface area contributed by atoms with Crippen molar-refractivity contribution in [1.82, 2.24) is 0 Å². The van der Waals surface area contributed by atoms with Crippen molar-refractivity contribution in [3.8, 4) is 55.6 Å². The maximum absolute atomic E-state index is 2.46. The summed E-state index contributed by atoms with van der Waals surface area (Å²) in [6.45, 7) is 0. The molecule has 1 aliphatic rings. The zero-order chi connectivity index (χ0) is 35.1. The molecule has 0 heteroatoms. The van der Waals surface area contributed by atoms with Crippen LogP contribution in [0.3, 0.4) is 0 Å². The first kappa shape index (κ1) is 28.6. The molecule has 0 fully saturated rings. The SMILES string of the molecule is c1ccc(-c2cc3c(-c4ccccc4)c4c5cccc6c(-c7ccc8c(c7)-c7cccc9cccc-8c79)ccc(c65)c4c4c5ccccc5c(c2)c34)cc1. The van der Waals surface area contributed by atoms with Crippen molar-refractivity contribution < 1.29 is 0 Å². The maximum Gasteiger partial charge on any atom is -0.000696 e. The molecule has 12 aromatic carbocycles. The molecular formula is C54H30. The molecule has 54 heavy (non-hydrogen) atoms. The lowest BCUT2D eigenvalue weighted by molar-refractivity contribution is 1.66. The van der Waals surface area contributed by atoms with Crippen molar-refractivity contribution in [2.45, 2.75) is 0 Å². The molecule has 0 spiro atoms. The maximum atomic E-state index is 2.46. The van der Waals surface area contributed by atoms with Gasteiger partial charge in [-0.2, -0.15) is 0 Å². The summed E-state index contributed by atoms with van der Waals surface area (Å²) in [5.41, 5.74) is 13.0. The van der Waals surface area contributed by atoms with Crippen molar-refractivity contribution in [2.75, 3.05) is 0 Å². The van der Waals surface area contributed by atoms with E-state index in [0.717, 1.165) is 0 Å². The molecule has 0 aromatic heterocycles. The van der Waals surface area contributed by atoms with Crippen LogP contribution in [0, 0.1) is 0 Å². The Morgan fingerprint density at radius 1 is 0.204 bits per heavy atom. The fraction of sp³-hybridized carbons (Fsp3) is 0. The van der Waals surface area contributed by atoms with E-state index in [4.69, 9.17) is 0 Å². The van der Waals surface area contributed by atoms with Gasteiger partial charge < -0.3 is 0 Å². The average Bonchev–Trinajstić information content (AvgIpc) is 3.87. The Labute approximate surface area is 311 Å². The summed E-state index contributed by atoms with van der Waals surface area (Å²) < 4.78 is 0. The number of benzene rings is 10. The first-order chi connectivity index (χ1) is 26.8. The summed E-state index contributed by atoms with van der Waals surface area (Å²) in [6, 6.07) is 68.3. The first-order valence-electron chi connectivity index (χ1n) is 18.9. The van der Waals surface area contributed by atoms with Crippen molar-refractivity contribution in [3.63, 3.8) is 0 Å². The molecule has 13 rings (SSSR count). The number of hydrogen-bond acceptors (Lipinski definition) is 0. The Bertz CT molecular complexity index is 3510. The molecule has 0 bridgehead atoms. The van der Waals surface area contributed by atoms with E-state index in [-0.39, 0.29) is 0 Å². The van der Waals surface area contributed by atoms with E-state index in [9.17, 15) is 0 Å². The summed E-state index contributed by atoms with van der Waals surface area (Å²) in [6.07, 6.45) is 0. The van der Waals surface area contributed by atoms with Gasteiger partial charge in [0.2, 0.25) is 0 Å². The average molecular weight is 679 g/mol. The third-order valence-corrected chi connectivity index (χ3v) is 12.5. The zero-order valence-corrected chi connectivity index (χ0v) is 29.3. The Morgan fingerprint density at radius 2 is 0.815 bits per heavy atom. The molecule has 1 aliphatic carbocycles. The summed E-state index contributed by atoms with van der Waals surface area (Å²) in [5.74, 6) is 0. The molecule has 0 unspecified atom stereocenters. The fourth-order valence-corrected chi connectivity index (χ4v) is 10.3. The van der Waals surface area contributed by atoms with Gasteiger partial charge in [0.25, 0.3) is 0 Å². The van der Waals surface area contributed by atoms with Crippen LogP contribution in [-0.2, 0) is 0 Å². The molecule has 0 atom stereocenters. The zero-order valence-electron chi connectivity index (χ0n) is 29.3. The van der Waals surface area contributed by atoms with Gasteiger partial charge in [0, 0.05) is 0 Å². The van der Waals surface area contributed by atoms with E-state index in [1.165, 1.54) is 131 Å². The van der Waals surface area contributed by atoms with Gasteiger partial charge in [0.15, 0.2) is 0 Å². The van der Waals surface area contributed by atoms with Gasteiger partial charge in [-0.05, 0) is 149 Å². The first-order valence-corrected chi connectivity index (χ1v) is 18.9. The van der Waals surface area contributed by atoms with E-state index >= 15 is 0 Å². The highest BCUT2D eigenvalue weighted by Crippen LogP contribution is 2.55. The number of fused-ring (bicyclic) bond motifs is 10. The van der Waals surface area contributed by atoms with Crippen molar-refractivity contribution in [2.24, 2.45) is 0 Å². The predicted octanol–water partition coefficient (Wildman–Crippen LogP) is 15.3. The smallest absolute Gasteiger partial charge is 0.000696 e. The lowest BCUT2D eigenvalue weighted by atomic mass is 9.88. The minimum absolute atomic E-state index is 1.24. The second-order valence-corrected chi connectivity index (χ2v) is 15.1. The Balaban J connectivity index is 1.18. The molecule has 246 valence electrons. The standard InChI is InChI=1S/C54H30/c1-3-12-31(13-4-1)35-29-46-37-18-7-8-19-41(37)52-51(46)47(30-35)49(33-14-5-2-6-15-33)53-43-23-11-22-39-36(26-27-44(50(39)43)54(52)53)34-24-25-38-40-20-9-16-32-17-10-21-42(48(32)40)45(38)28-34/h1-30H. The van der Waals surface area contributed by atoms with Gasteiger partial charge in [0.1, 0.15) is 0 Å². The summed E-state index contributed by atoms with van der Waals surface area (Å²) in [7, 11) is 0. The molecule has 0 aliphatic heterocycles. The van der Waals surface area contributed by atoms with Gasteiger partial charge in [0.05, 0.1) is 0 Å². The highest BCUT2D eigenvalue weighted by atomic mass is 14.3. The van der Waals surface area contributed by atoms with E-state index < -0.39 is 0 Å². The highest BCUT2D eigenvalue weighted by molar-refractivity contribution is 6.48. The minimum Gasteiger partial charge on any atom is -0.0622 e. The van der Waals surface area contributed by atoms with E-state index in [2.05, 4.69) is 182 Å². The van der Waals surface area contributed by atoms with Gasteiger partial charge in [-0.1, -0.05) is 164 Å². The van der Waals surface area contributed by atoms with Gasteiger partial charge >= 0.3 is 0 Å². The molecule has 0 heterocycles. The lowest BCUT2D eigenvalue weighted by Crippen LogP contribution is -1.87. The molecule has 0 amide bonds. The summed E-state index contributed by atoms with van der Waals surface area (Å²) >= 11 is 0. The number of hydrogen-bond donors (Lipinski definition) is 0. The molecule has 0 nitrogen and oxygen atoms in total. The van der Waals surface area contributed by atoms with Crippen LogP contribution in [0.1, 0.15) is 0 Å². The van der Waals surface area contributed by atoms with Crippen molar-refractivity contribution >= 4 is 75.4 Å². The van der Waals surface area contributed by atoms with Crippen LogP contribution in [0.4, 0.5) is 0 Å². The van der Waals surface area contributed by atoms with Gasteiger partial charge in [-0.25, -0.2) is 0 Å². The van der Waals surface area contributed by atoms with Gasteiger partial charge in [-0.15, -0.1) is 0 Å². The quantitative estimate of drug-likeness (QED) is 0.174. The van der Waals surface area contributed by atoms with Crippen LogP contribution < -0.4 is 0 Å². The molecule has 0 saturated carbocycles. The van der Waals surface area contributed by atoms with Gasteiger partial charge in [-0.3, -0.25) is 0 Å². The van der Waals surface area contributed by atoms with Crippen LogP contribution >= 0.6 is 0 Å². The Hall–Kier alpha value is -7.02. The van der Waals surface area contributed by atoms with Crippen molar-refractivity contribution in [1.29, 1.82) is 0 Å². The van der Waals surface area contributed by atoms with E-state index in [0.29, 0.717) is 0 Å². The van der Waals surface area contributed by atoms with Crippen LogP contribution in [-0.4, -0.2) is 0 Å². The van der Waals surface area contributed by atoms with Crippen molar-refractivity contribution in [3.05, 3.63) is 182 Å². The number of rotatable bonds is 3. The normalized spacial score (nSPS) is 12.4. The van der Waals surface area contributed by atoms with E-state index in [1.807, 2.05) is 0 Å². The summed E-state index contributed by atoms with van der Waals surface area (Å²) in [5, 5.41) is 18.8. The second kappa shape index (κ2) is 10.3. The predicted molar refractivity (Wildman–Crippen MR) is 232 cm³/mol. The Kier molecular flexibility index (Phi) is 5.45. The Morgan fingerprint density at radius 3 is 1.63 bits per heavy atom. The summed E-state index contributed by atoms with van der Waals surface area (Å²) in [4.78, 5) is 0. The van der Waals surface area contributed by atoms with Crippen LogP contribution in [0.2, 0.25) is 0 Å². The van der Waals surface area contributed by atoms with Crippen LogP contribution in [0.25, 0.3) is 131 Å². The van der Waals surface area contributed by atoms with Crippen LogP contribution in [0.15, 0.2) is 182 Å². The molecule has 0 saturated heterocycles. The highest BCUT2D eigenvalue weighted by Gasteiger charge is 2.27. The molecule has 0 N–H and O–H groups in total. The molecule has 0 radical (unpaired) electrons. The largest absolute Gasteiger partial charge is 0.0622 e.